The van der Waals surface area contributed by atoms with E-state index in [-0.39, 0.29) is 23.8 Å². The first-order valence-electron chi connectivity index (χ1n) is 9.63. The third kappa shape index (κ3) is 3.62. The van der Waals surface area contributed by atoms with E-state index in [1.54, 1.807) is 11.3 Å². The Balaban J connectivity index is 1.44. The molecule has 0 unspecified atom stereocenters. The van der Waals surface area contributed by atoms with Gasteiger partial charge in [0.1, 0.15) is 0 Å². The summed E-state index contributed by atoms with van der Waals surface area (Å²) in [7, 11) is 0. The van der Waals surface area contributed by atoms with Gasteiger partial charge >= 0.3 is 0 Å². The molecule has 2 saturated carbocycles. The van der Waals surface area contributed by atoms with Gasteiger partial charge in [-0.15, -0.1) is 0 Å². The van der Waals surface area contributed by atoms with E-state index in [1.807, 2.05) is 4.90 Å². The minimum atomic E-state index is 0.100. The first-order valence-corrected chi connectivity index (χ1v) is 10.6. The second-order valence-electron chi connectivity index (χ2n) is 8.45. The molecule has 3 aliphatic rings. The van der Waals surface area contributed by atoms with Crippen LogP contribution in [0.15, 0.2) is 16.8 Å². The van der Waals surface area contributed by atoms with Gasteiger partial charge in [-0.25, -0.2) is 0 Å². The van der Waals surface area contributed by atoms with Gasteiger partial charge in [0.2, 0.25) is 11.8 Å². The maximum absolute atomic E-state index is 13.1. The summed E-state index contributed by atoms with van der Waals surface area (Å²) in [6, 6.07) is 2.45. The number of hydrogen-bond donors (Lipinski definition) is 0. The largest absolute Gasteiger partial charge is 0.334 e. The summed E-state index contributed by atoms with van der Waals surface area (Å²) in [6.45, 7) is 3.95. The summed E-state index contributed by atoms with van der Waals surface area (Å²) < 4.78 is 0. The molecular weight excluding hydrogens is 332 g/mol. The third-order valence-electron chi connectivity index (χ3n) is 6.37. The zero-order chi connectivity index (χ0) is 17.4. The van der Waals surface area contributed by atoms with Gasteiger partial charge in [0.05, 0.1) is 6.54 Å². The Morgan fingerprint density at radius 2 is 2.08 bits per heavy atom. The highest BCUT2D eigenvalue weighted by molar-refractivity contribution is 7.07. The average molecular weight is 361 g/mol. The van der Waals surface area contributed by atoms with Crippen LogP contribution in [-0.2, 0) is 16.1 Å². The number of amides is 2. The molecule has 0 bridgehead atoms. The van der Waals surface area contributed by atoms with Crippen LogP contribution >= 0.6 is 11.3 Å². The van der Waals surface area contributed by atoms with Crippen LogP contribution in [-0.4, -0.2) is 40.7 Å². The summed E-state index contributed by atoms with van der Waals surface area (Å²) in [5, 5.41) is 4.19. The molecular formula is C20H28N2O2S. The summed E-state index contributed by atoms with van der Waals surface area (Å²) in [5.41, 5.74) is 1.31. The van der Waals surface area contributed by atoms with Gasteiger partial charge in [0.15, 0.2) is 0 Å². The Kier molecular flexibility index (Phi) is 4.61. The number of nitrogens with zero attached hydrogens (tertiary/aromatic N) is 2. The number of carbonyl (C=O) groups is 2. The molecule has 1 aromatic rings. The molecule has 1 saturated heterocycles. The van der Waals surface area contributed by atoms with E-state index < -0.39 is 0 Å². The highest BCUT2D eigenvalue weighted by Gasteiger charge is 2.49. The first-order chi connectivity index (χ1) is 12.0. The highest BCUT2D eigenvalue weighted by Crippen LogP contribution is 2.50. The van der Waals surface area contributed by atoms with Crippen LogP contribution in [0.2, 0.25) is 0 Å². The van der Waals surface area contributed by atoms with Crippen molar-refractivity contribution in [3.63, 3.8) is 0 Å². The van der Waals surface area contributed by atoms with Gasteiger partial charge < -0.3 is 9.80 Å². The van der Waals surface area contributed by atoms with Crippen LogP contribution in [0.3, 0.4) is 0 Å². The Morgan fingerprint density at radius 1 is 1.32 bits per heavy atom. The molecule has 1 aromatic heterocycles. The Morgan fingerprint density at radius 3 is 2.72 bits per heavy atom. The minimum absolute atomic E-state index is 0.100. The fourth-order valence-corrected chi connectivity index (χ4v) is 5.37. The molecule has 1 aliphatic heterocycles. The molecule has 0 aromatic carbocycles. The molecule has 3 fully saturated rings. The van der Waals surface area contributed by atoms with Crippen LogP contribution < -0.4 is 0 Å². The second-order valence-corrected chi connectivity index (χ2v) is 9.23. The average Bonchev–Trinajstić information content (AvgIpc) is 2.96. The molecule has 136 valence electrons. The van der Waals surface area contributed by atoms with Crippen molar-refractivity contribution in [1.82, 2.24) is 9.80 Å². The molecule has 25 heavy (non-hydrogen) atoms. The van der Waals surface area contributed by atoms with Crippen LogP contribution in [0, 0.1) is 11.3 Å². The van der Waals surface area contributed by atoms with Gasteiger partial charge in [-0.2, -0.15) is 11.3 Å². The van der Waals surface area contributed by atoms with Crippen molar-refractivity contribution >= 4 is 23.2 Å². The van der Waals surface area contributed by atoms with Crippen molar-refractivity contribution in [3.05, 3.63) is 22.4 Å². The lowest BCUT2D eigenvalue weighted by atomic mass is 9.84. The molecule has 4 nitrogen and oxygen atoms in total. The highest BCUT2D eigenvalue weighted by atomic mass is 32.1. The van der Waals surface area contributed by atoms with Crippen molar-refractivity contribution in [2.75, 3.05) is 13.1 Å². The fraction of sp³-hybridized carbons (Fsp3) is 0.700. The topological polar surface area (TPSA) is 40.6 Å². The zero-order valence-electron chi connectivity index (χ0n) is 15.1. The normalized spacial score (nSPS) is 27.2. The number of likely N-dealkylation sites (tertiary alicyclic amines) is 1. The summed E-state index contributed by atoms with van der Waals surface area (Å²) in [5.74, 6) is 0.990. The Bertz CT molecular complexity index is 634. The minimum Gasteiger partial charge on any atom is -0.334 e. The molecule has 2 heterocycles. The van der Waals surface area contributed by atoms with Gasteiger partial charge in [0, 0.05) is 25.6 Å². The predicted octanol–water partition coefficient (Wildman–Crippen LogP) is 3.67. The van der Waals surface area contributed by atoms with Crippen LogP contribution in [0.25, 0.3) is 0 Å². The molecule has 1 atom stereocenters. The molecule has 0 N–H and O–H groups in total. The second kappa shape index (κ2) is 6.75. The summed E-state index contributed by atoms with van der Waals surface area (Å²) >= 11 is 1.68. The molecule has 2 aliphatic carbocycles. The van der Waals surface area contributed by atoms with Crippen LogP contribution in [0.4, 0.5) is 0 Å². The van der Waals surface area contributed by atoms with E-state index >= 15 is 0 Å². The van der Waals surface area contributed by atoms with Crippen molar-refractivity contribution in [1.29, 1.82) is 0 Å². The summed E-state index contributed by atoms with van der Waals surface area (Å²) in [4.78, 5) is 29.4. The number of hydrogen-bond acceptors (Lipinski definition) is 3. The SMILES string of the molecule is C[C@]1(C2CC2)CC(=O)N(CC(=O)N(Cc2ccsc2)C2CCCC2)C1. The lowest BCUT2D eigenvalue weighted by Crippen LogP contribution is -2.45. The van der Waals surface area contributed by atoms with Crippen LogP contribution in [0.1, 0.15) is 57.4 Å². The van der Waals surface area contributed by atoms with E-state index in [1.165, 1.54) is 31.2 Å². The van der Waals surface area contributed by atoms with Gasteiger partial charge in [0.25, 0.3) is 0 Å². The van der Waals surface area contributed by atoms with Gasteiger partial charge in [-0.3, -0.25) is 9.59 Å². The predicted molar refractivity (Wildman–Crippen MR) is 99.2 cm³/mol. The zero-order valence-corrected chi connectivity index (χ0v) is 15.9. The number of rotatable bonds is 6. The van der Waals surface area contributed by atoms with Gasteiger partial charge in [-0.1, -0.05) is 19.8 Å². The molecule has 4 rings (SSSR count). The Labute approximate surface area is 154 Å². The molecule has 0 spiro atoms. The maximum atomic E-state index is 13.1. The van der Waals surface area contributed by atoms with Crippen LogP contribution in [0.5, 0.6) is 0 Å². The molecule has 5 heteroatoms. The van der Waals surface area contributed by atoms with E-state index in [9.17, 15) is 9.59 Å². The van der Waals surface area contributed by atoms with E-state index in [0.717, 1.165) is 19.4 Å². The number of thiophene rings is 1. The lowest BCUT2D eigenvalue weighted by molar-refractivity contribution is -0.140. The van der Waals surface area contributed by atoms with E-state index in [4.69, 9.17) is 0 Å². The Hall–Kier alpha value is -1.36. The van der Waals surface area contributed by atoms with Crippen molar-refractivity contribution in [2.24, 2.45) is 11.3 Å². The van der Waals surface area contributed by atoms with Gasteiger partial charge in [-0.05, 0) is 59.4 Å². The third-order valence-corrected chi connectivity index (χ3v) is 7.10. The monoisotopic (exact) mass is 360 g/mol. The molecule has 2 amide bonds. The lowest BCUT2D eigenvalue weighted by Gasteiger charge is -2.31. The smallest absolute Gasteiger partial charge is 0.242 e. The standard InChI is InChI=1S/C20H28N2O2S/c1-20(16-6-7-16)10-18(23)21(14-20)12-19(24)22(17-4-2-3-5-17)11-15-8-9-25-13-15/h8-9,13,16-17H,2-7,10-12,14H2,1H3/t20-/m0/s1. The fourth-order valence-electron chi connectivity index (χ4n) is 4.71. The van der Waals surface area contributed by atoms with Crippen molar-refractivity contribution in [2.45, 2.75) is 64.5 Å². The molecule has 0 radical (unpaired) electrons. The van der Waals surface area contributed by atoms with E-state index in [0.29, 0.717) is 24.9 Å². The first kappa shape index (κ1) is 17.1. The summed E-state index contributed by atoms with van der Waals surface area (Å²) in [6.07, 6.45) is 7.74. The van der Waals surface area contributed by atoms with Crippen molar-refractivity contribution in [3.8, 4) is 0 Å². The van der Waals surface area contributed by atoms with Crippen molar-refractivity contribution < 1.29 is 9.59 Å². The van der Waals surface area contributed by atoms with E-state index in [2.05, 4.69) is 28.7 Å². The number of carbonyl (C=O) groups excluding carboxylic acids is 2. The quantitative estimate of drug-likeness (QED) is 0.777. The maximum Gasteiger partial charge on any atom is 0.242 e.